The lowest BCUT2D eigenvalue weighted by Gasteiger charge is -2.11. The third-order valence-corrected chi connectivity index (χ3v) is 1.85. The zero-order chi connectivity index (χ0) is 10.4. The number of carbonyl (C=O) groups excluding carboxylic acids is 1. The number of ether oxygens (including phenoxy) is 1. The van der Waals surface area contributed by atoms with Crippen LogP contribution in [0.4, 0.5) is 4.79 Å². The van der Waals surface area contributed by atoms with Gasteiger partial charge in [0.2, 0.25) is 0 Å². The Morgan fingerprint density at radius 3 is 2.93 bits per heavy atom. The Morgan fingerprint density at radius 2 is 2.36 bits per heavy atom. The maximum atomic E-state index is 11.1. The van der Waals surface area contributed by atoms with Crippen LogP contribution < -0.4 is 5.32 Å². The van der Waals surface area contributed by atoms with Gasteiger partial charge < -0.3 is 10.1 Å². The predicted octanol–water partition coefficient (Wildman–Crippen LogP) is 2.40. The number of nitrogens with one attached hydrogen (secondary N) is 1. The second-order valence-corrected chi connectivity index (χ2v) is 3.63. The highest BCUT2D eigenvalue weighted by atomic mass is 16.5. The third kappa shape index (κ3) is 4.12. The summed E-state index contributed by atoms with van der Waals surface area (Å²) in [6, 6.07) is 0.123. The minimum absolute atomic E-state index is 0.123. The SMILES string of the molecule is CC(C)NC(=O)OCC1=CCCC=C1. The average molecular weight is 195 g/mol. The van der Waals surface area contributed by atoms with Gasteiger partial charge in [0.25, 0.3) is 0 Å². The van der Waals surface area contributed by atoms with Crippen LogP contribution >= 0.6 is 0 Å². The summed E-state index contributed by atoms with van der Waals surface area (Å²) in [7, 11) is 0. The maximum Gasteiger partial charge on any atom is 0.407 e. The molecule has 0 unspecified atom stereocenters. The Bertz CT molecular complexity index is 254. The van der Waals surface area contributed by atoms with Crippen molar-refractivity contribution in [1.29, 1.82) is 0 Å². The van der Waals surface area contributed by atoms with Gasteiger partial charge in [-0.2, -0.15) is 0 Å². The number of hydrogen-bond donors (Lipinski definition) is 1. The van der Waals surface area contributed by atoms with E-state index in [0.29, 0.717) is 6.61 Å². The molecule has 0 saturated heterocycles. The van der Waals surface area contributed by atoms with Crippen LogP contribution in [-0.2, 0) is 4.74 Å². The minimum Gasteiger partial charge on any atom is -0.445 e. The highest BCUT2D eigenvalue weighted by molar-refractivity contribution is 5.67. The van der Waals surface area contributed by atoms with Gasteiger partial charge in [-0.25, -0.2) is 4.79 Å². The van der Waals surface area contributed by atoms with Crippen molar-refractivity contribution in [1.82, 2.24) is 5.32 Å². The number of hydrogen-bond acceptors (Lipinski definition) is 2. The predicted molar refractivity (Wildman–Crippen MR) is 56.1 cm³/mol. The molecule has 78 valence electrons. The number of allylic oxidation sites excluding steroid dienone is 2. The Morgan fingerprint density at radius 1 is 1.57 bits per heavy atom. The van der Waals surface area contributed by atoms with Gasteiger partial charge in [0.1, 0.15) is 6.61 Å². The second-order valence-electron chi connectivity index (χ2n) is 3.63. The molecule has 1 amide bonds. The van der Waals surface area contributed by atoms with Crippen LogP contribution in [0.25, 0.3) is 0 Å². The van der Waals surface area contributed by atoms with Crippen LogP contribution in [0.2, 0.25) is 0 Å². The Kier molecular flexibility index (Phi) is 4.23. The van der Waals surface area contributed by atoms with E-state index in [1.54, 1.807) is 0 Å². The van der Waals surface area contributed by atoms with Crippen LogP contribution in [-0.4, -0.2) is 18.7 Å². The summed E-state index contributed by atoms with van der Waals surface area (Å²) < 4.78 is 5.02. The summed E-state index contributed by atoms with van der Waals surface area (Å²) in [5.74, 6) is 0. The van der Waals surface area contributed by atoms with Crippen molar-refractivity contribution in [2.45, 2.75) is 32.7 Å². The fourth-order valence-corrected chi connectivity index (χ4v) is 1.20. The summed E-state index contributed by atoms with van der Waals surface area (Å²) in [6.07, 6.45) is 7.98. The molecule has 0 radical (unpaired) electrons. The largest absolute Gasteiger partial charge is 0.445 e. The molecule has 1 N–H and O–H groups in total. The molecule has 0 aromatic carbocycles. The summed E-state index contributed by atoms with van der Waals surface area (Å²) >= 11 is 0. The average Bonchev–Trinajstić information content (AvgIpc) is 2.15. The lowest BCUT2D eigenvalue weighted by molar-refractivity contribution is 0.153. The molecule has 0 heterocycles. The van der Waals surface area contributed by atoms with E-state index < -0.39 is 0 Å². The van der Waals surface area contributed by atoms with E-state index >= 15 is 0 Å². The van der Waals surface area contributed by atoms with E-state index in [1.807, 2.05) is 19.9 Å². The molecular formula is C11H17NO2. The Balaban J connectivity index is 2.23. The number of alkyl carbamates (subject to hydrolysis) is 1. The van der Waals surface area contributed by atoms with Gasteiger partial charge in [-0.3, -0.25) is 0 Å². The molecule has 1 rings (SSSR count). The molecule has 0 aliphatic heterocycles. The van der Waals surface area contributed by atoms with Crippen molar-refractivity contribution in [3.8, 4) is 0 Å². The summed E-state index contributed by atoms with van der Waals surface area (Å²) in [6.45, 7) is 4.18. The zero-order valence-electron chi connectivity index (χ0n) is 8.75. The molecule has 14 heavy (non-hydrogen) atoms. The first kappa shape index (κ1) is 10.8. The molecule has 3 nitrogen and oxygen atoms in total. The molecular weight excluding hydrogens is 178 g/mol. The van der Waals surface area contributed by atoms with Crippen molar-refractivity contribution in [3.63, 3.8) is 0 Å². The molecule has 3 heteroatoms. The highest BCUT2D eigenvalue weighted by Gasteiger charge is 2.05. The van der Waals surface area contributed by atoms with Crippen LogP contribution in [0.3, 0.4) is 0 Å². The maximum absolute atomic E-state index is 11.1. The Labute approximate surface area is 84.8 Å². The molecule has 0 atom stereocenters. The smallest absolute Gasteiger partial charge is 0.407 e. The van der Waals surface area contributed by atoms with Crippen molar-refractivity contribution >= 4 is 6.09 Å². The van der Waals surface area contributed by atoms with Crippen LogP contribution in [0.1, 0.15) is 26.7 Å². The van der Waals surface area contributed by atoms with Gasteiger partial charge in [-0.1, -0.05) is 18.2 Å². The summed E-state index contributed by atoms with van der Waals surface area (Å²) in [5.41, 5.74) is 1.08. The molecule has 0 aromatic rings. The molecule has 0 fully saturated rings. The first-order valence-corrected chi connectivity index (χ1v) is 4.97. The van der Waals surface area contributed by atoms with Crippen molar-refractivity contribution in [2.24, 2.45) is 0 Å². The molecule has 1 aliphatic carbocycles. The second kappa shape index (κ2) is 5.47. The fraction of sp³-hybridized carbons (Fsp3) is 0.545. The molecule has 1 aliphatic rings. The van der Waals surface area contributed by atoms with Gasteiger partial charge in [-0.05, 0) is 32.3 Å². The van der Waals surface area contributed by atoms with Gasteiger partial charge in [-0.15, -0.1) is 0 Å². The highest BCUT2D eigenvalue weighted by Crippen LogP contribution is 2.09. The molecule has 0 saturated carbocycles. The lowest BCUT2D eigenvalue weighted by atomic mass is 10.1. The number of carbonyl (C=O) groups is 1. The van der Waals surface area contributed by atoms with Crippen molar-refractivity contribution in [3.05, 3.63) is 23.8 Å². The standard InChI is InChI=1S/C11H17NO2/c1-9(2)12-11(13)14-8-10-6-4-3-5-7-10/h4,6-7,9H,3,5,8H2,1-2H3,(H,12,13). The van der Waals surface area contributed by atoms with Crippen molar-refractivity contribution < 1.29 is 9.53 Å². The first-order valence-electron chi connectivity index (χ1n) is 4.97. The zero-order valence-corrected chi connectivity index (χ0v) is 8.75. The minimum atomic E-state index is -0.347. The Hall–Kier alpha value is -1.25. The van der Waals surface area contributed by atoms with E-state index in [-0.39, 0.29) is 12.1 Å². The van der Waals surface area contributed by atoms with Crippen LogP contribution in [0.5, 0.6) is 0 Å². The third-order valence-electron chi connectivity index (χ3n) is 1.85. The summed E-state index contributed by atoms with van der Waals surface area (Å²) in [4.78, 5) is 11.1. The fourth-order valence-electron chi connectivity index (χ4n) is 1.20. The van der Waals surface area contributed by atoms with Crippen LogP contribution in [0.15, 0.2) is 23.8 Å². The number of rotatable bonds is 3. The normalized spacial score (nSPS) is 15.2. The number of amides is 1. The van der Waals surface area contributed by atoms with E-state index in [1.165, 1.54) is 0 Å². The molecule has 0 aromatic heterocycles. The van der Waals surface area contributed by atoms with E-state index in [2.05, 4.69) is 17.5 Å². The first-order chi connectivity index (χ1) is 6.68. The van der Waals surface area contributed by atoms with Gasteiger partial charge >= 0.3 is 6.09 Å². The topological polar surface area (TPSA) is 38.3 Å². The van der Waals surface area contributed by atoms with Crippen molar-refractivity contribution in [2.75, 3.05) is 6.61 Å². The van der Waals surface area contributed by atoms with Gasteiger partial charge in [0, 0.05) is 6.04 Å². The quantitative estimate of drug-likeness (QED) is 0.751. The van der Waals surface area contributed by atoms with Crippen LogP contribution in [0, 0.1) is 0 Å². The van der Waals surface area contributed by atoms with E-state index in [0.717, 1.165) is 18.4 Å². The van der Waals surface area contributed by atoms with Gasteiger partial charge in [0.05, 0.1) is 0 Å². The van der Waals surface area contributed by atoms with E-state index in [4.69, 9.17) is 4.74 Å². The molecule has 0 bridgehead atoms. The van der Waals surface area contributed by atoms with E-state index in [9.17, 15) is 4.79 Å². The lowest BCUT2D eigenvalue weighted by Crippen LogP contribution is -2.31. The monoisotopic (exact) mass is 195 g/mol. The molecule has 0 spiro atoms. The summed E-state index contributed by atoms with van der Waals surface area (Å²) in [5, 5.41) is 2.67. The van der Waals surface area contributed by atoms with Gasteiger partial charge in [0.15, 0.2) is 0 Å².